The van der Waals surface area contributed by atoms with Crippen LogP contribution in [0.25, 0.3) is 0 Å². The van der Waals surface area contributed by atoms with Crippen molar-refractivity contribution in [1.29, 1.82) is 0 Å². The van der Waals surface area contributed by atoms with Gasteiger partial charge in [0.05, 0.1) is 0 Å². The van der Waals surface area contributed by atoms with Crippen molar-refractivity contribution < 1.29 is 10.3 Å². The molecule has 0 aliphatic heterocycles. The first-order valence-corrected chi connectivity index (χ1v) is 3.46. The van der Waals surface area contributed by atoms with E-state index in [1.165, 1.54) is 0 Å². The number of phenols is 1. The lowest BCUT2D eigenvalue weighted by molar-refractivity contribution is 0.317. The molecule has 0 radical (unpaired) electrons. The molecule has 12 heavy (non-hydrogen) atoms. The first-order chi connectivity index (χ1) is 5.72. The highest BCUT2D eigenvalue weighted by atomic mass is 16.4. The smallest absolute Gasteiger partial charge is 0.143 e. The van der Waals surface area contributed by atoms with Gasteiger partial charge in [-0.2, -0.15) is 0 Å². The molecule has 0 spiro atoms. The molecule has 0 saturated heterocycles. The molecule has 4 heteroatoms. The van der Waals surface area contributed by atoms with E-state index in [9.17, 15) is 0 Å². The van der Waals surface area contributed by atoms with E-state index in [0.717, 1.165) is 5.56 Å². The van der Waals surface area contributed by atoms with Gasteiger partial charge in [-0.3, -0.25) is 0 Å². The molecule has 4 nitrogen and oxygen atoms in total. The lowest BCUT2D eigenvalue weighted by Gasteiger charge is -1.99. The van der Waals surface area contributed by atoms with Crippen molar-refractivity contribution in [2.75, 3.05) is 0 Å². The summed E-state index contributed by atoms with van der Waals surface area (Å²) < 4.78 is 0. The lowest BCUT2D eigenvalue weighted by atomic mass is 10.1. The maximum atomic E-state index is 9.06. The van der Waals surface area contributed by atoms with Crippen LogP contribution in [0, 0.1) is 0 Å². The Morgan fingerprint density at radius 3 is 2.83 bits per heavy atom. The first-order valence-electron chi connectivity index (χ1n) is 3.46. The summed E-state index contributed by atoms with van der Waals surface area (Å²) in [5.41, 5.74) is 6.08. The van der Waals surface area contributed by atoms with Gasteiger partial charge >= 0.3 is 0 Å². The second-order valence-electron chi connectivity index (χ2n) is 2.44. The van der Waals surface area contributed by atoms with Crippen LogP contribution >= 0.6 is 0 Å². The lowest BCUT2D eigenvalue weighted by Crippen LogP contribution is -2.14. The Hall–Kier alpha value is -1.71. The number of amidine groups is 1. The number of benzene rings is 1. The highest BCUT2D eigenvalue weighted by Crippen LogP contribution is 2.10. The molecule has 1 rings (SSSR count). The number of rotatable bonds is 2. The average molecular weight is 166 g/mol. The molecule has 0 bridgehead atoms. The number of nitrogens with zero attached hydrogens (tertiary/aromatic N) is 1. The van der Waals surface area contributed by atoms with Crippen molar-refractivity contribution in [2.45, 2.75) is 6.42 Å². The fraction of sp³-hybridized carbons (Fsp3) is 0.125. The first kappa shape index (κ1) is 8.39. The molecule has 0 aliphatic rings. The van der Waals surface area contributed by atoms with Crippen LogP contribution < -0.4 is 5.73 Å². The quantitative estimate of drug-likeness (QED) is 0.261. The van der Waals surface area contributed by atoms with E-state index < -0.39 is 0 Å². The summed E-state index contributed by atoms with van der Waals surface area (Å²) in [5, 5.41) is 20.1. The number of oxime groups is 1. The highest BCUT2D eigenvalue weighted by molar-refractivity contribution is 5.82. The second kappa shape index (κ2) is 3.61. The van der Waals surface area contributed by atoms with E-state index >= 15 is 0 Å². The average Bonchev–Trinajstić information content (AvgIpc) is 2.04. The molecule has 0 fully saturated rings. The van der Waals surface area contributed by atoms with Crippen LogP contribution in [0.2, 0.25) is 0 Å². The minimum absolute atomic E-state index is 0.126. The predicted octanol–water partition coefficient (Wildman–Crippen LogP) is 0.681. The predicted molar refractivity (Wildman–Crippen MR) is 45.2 cm³/mol. The number of hydrogen-bond donors (Lipinski definition) is 3. The maximum Gasteiger partial charge on any atom is 0.143 e. The molecule has 0 heterocycles. The number of aromatic hydroxyl groups is 1. The summed E-state index contributed by atoms with van der Waals surface area (Å²) in [6.45, 7) is 0. The van der Waals surface area contributed by atoms with E-state index in [0.29, 0.717) is 6.42 Å². The van der Waals surface area contributed by atoms with Gasteiger partial charge in [-0.15, -0.1) is 0 Å². The summed E-state index contributed by atoms with van der Waals surface area (Å²) in [5.74, 6) is 0.304. The molecule has 0 unspecified atom stereocenters. The number of hydrogen-bond acceptors (Lipinski definition) is 3. The van der Waals surface area contributed by atoms with Gasteiger partial charge in [0.1, 0.15) is 11.6 Å². The van der Waals surface area contributed by atoms with Gasteiger partial charge in [0.25, 0.3) is 0 Å². The van der Waals surface area contributed by atoms with Crippen LogP contribution in [0.15, 0.2) is 29.4 Å². The molecule has 4 N–H and O–H groups in total. The van der Waals surface area contributed by atoms with Gasteiger partial charge in [0.15, 0.2) is 0 Å². The van der Waals surface area contributed by atoms with Crippen LogP contribution in [0.1, 0.15) is 5.56 Å². The minimum atomic E-state index is 0.126. The Balaban J connectivity index is 2.76. The van der Waals surface area contributed by atoms with Crippen molar-refractivity contribution in [3.63, 3.8) is 0 Å². The van der Waals surface area contributed by atoms with E-state index in [-0.39, 0.29) is 11.6 Å². The Labute approximate surface area is 69.9 Å². The molecule has 1 aromatic rings. The largest absolute Gasteiger partial charge is 0.508 e. The van der Waals surface area contributed by atoms with Crippen molar-refractivity contribution in [2.24, 2.45) is 10.9 Å². The Kier molecular flexibility index (Phi) is 2.53. The van der Waals surface area contributed by atoms with Crippen LogP contribution in [0.4, 0.5) is 0 Å². The standard InChI is InChI=1S/C8H10N2O2/c9-8(10-12)5-6-2-1-3-7(11)4-6/h1-4,11-12H,5H2,(H2,9,10). The van der Waals surface area contributed by atoms with Crippen molar-refractivity contribution in [3.8, 4) is 5.75 Å². The van der Waals surface area contributed by atoms with Crippen molar-refractivity contribution in [1.82, 2.24) is 0 Å². The van der Waals surface area contributed by atoms with Gasteiger partial charge < -0.3 is 16.0 Å². The van der Waals surface area contributed by atoms with Gasteiger partial charge in [-0.25, -0.2) is 0 Å². The normalized spacial score (nSPS) is 11.5. The summed E-state index contributed by atoms with van der Waals surface area (Å²) in [6, 6.07) is 6.63. The second-order valence-corrected chi connectivity index (χ2v) is 2.44. The topological polar surface area (TPSA) is 78.8 Å². The number of nitrogens with two attached hydrogens (primary N) is 1. The van der Waals surface area contributed by atoms with E-state index in [4.69, 9.17) is 16.0 Å². The van der Waals surface area contributed by atoms with Gasteiger partial charge in [0.2, 0.25) is 0 Å². The third-order valence-corrected chi connectivity index (χ3v) is 1.42. The van der Waals surface area contributed by atoms with Crippen LogP contribution in [0.3, 0.4) is 0 Å². The summed E-state index contributed by atoms with van der Waals surface area (Å²) in [4.78, 5) is 0. The van der Waals surface area contributed by atoms with Gasteiger partial charge in [0, 0.05) is 6.42 Å². The minimum Gasteiger partial charge on any atom is -0.508 e. The monoisotopic (exact) mass is 166 g/mol. The molecule has 0 aromatic heterocycles. The molecule has 0 saturated carbocycles. The van der Waals surface area contributed by atoms with Crippen molar-refractivity contribution >= 4 is 5.84 Å². The Morgan fingerprint density at radius 1 is 1.50 bits per heavy atom. The molecule has 0 aliphatic carbocycles. The zero-order chi connectivity index (χ0) is 8.97. The molecule has 64 valence electrons. The Morgan fingerprint density at radius 2 is 2.25 bits per heavy atom. The Bertz CT molecular complexity index is 297. The van der Waals surface area contributed by atoms with Crippen LogP contribution in [-0.4, -0.2) is 16.1 Å². The molecule has 0 amide bonds. The third-order valence-electron chi connectivity index (χ3n) is 1.42. The molecule has 1 aromatic carbocycles. The van der Waals surface area contributed by atoms with Crippen LogP contribution in [0.5, 0.6) is 5.75 Å². The third kappa shape index (κ3) is 2.16. The maximum absolute atomic E-state index is 9.06. The van der Waals surface area contributed by atoms with E-state index in [1.54, 1.807) is 24.3 Å². The van der Waals surface area contributed by atoms with Gasteiger partial charge in [-0.1, -0.05) is 17.3 Å². The van der Waals surface area contributed by atoms with Crippen molar-refractivity contribution in [3.05, 3.63) is 29.8 Å². The summed E-state index contributed by atoms with van der Waals surface area (Å²) >= 11 is 0. The summed E-state index contributed by atoms with van der Waals surface area (Å²) in [6.07, 6.45) is 0.338. The zero-order valence-corrected chi connectivity index (χ0v) is 6.44. The fourth-order valence-corrected chi connectivity index (χ4v) is 0.911. The SMILES string of the molecule is NC(Cc1cccc(O)c1)=NO. The number of phenolic OH excluding ortho intramolecular Hbond substituents is 1. The highest BCUT2D eigenvalue weighted by Gasteiger charge is 1.97. The zero-order valence-electron chi connectivity index (χ0n) is 6.44. The molecular weight excluding hydrogens is 156 g/mol. The molecule has 0 atom stereocenters. The van der Waals surface area contributed by atoms with E-state index in [2.05, 4.69) is 5.16 Å². The van der Waals surface area contributed by atoms with Gasteiger partial charge in [-0.05, 0) is 17.7 Å². The fourth-order valence-electron chi connectivity index (χ4n) is 0.911. The summed E-state index contributed by atoms with van der Waals surface area (Å²) in [7, 11) is 0. The van der Waals surface area contributed by atoms with Crippen LogP contribution in [-0.2, 0) is 6.42 Å². The molecular formula is C8H10N2O2. The van der Waals surface area contributed by atoms with E-state index in [1.807, 2.05) is 0 Å².